The Hall–Kier alpha value is -2.03. The van der Waals surface area contributed by atoms with E-state index >= 15 is 0 Å². The Morgan fingerprint density at radius 1 is 1.22 bits per heavy atom. The van der Waals surface area contributed by atoms with Gasteiger partial charge in [0.1, 0.15) is 16.5 Å². The van der Waals surface area contributed by atoms with Crippen molar-refractivity contribution >= 4 is 44.6 Å². The lowest BCUT2D eigenvalue weighted by molar-refractivity contribution is -0.125. The first-order valence-corrected chi connectivity index (χ1v) is 13.4. The first-order valence-electron chi connectivity index (χ1n) is 11.6. The summed E-state index contributed by atoms with van der Waals surface area (Å²) in [5.74, 6) is 2.13. The number of piperidine rings is 1. The Bertz CT molecular complexity index is 1020. The SMILES string of the molecule is CCN(CC)CCCNC(=O)C1CCN(c2nc(C)nc3scc(-c4cccs4)c23)CC1. The van der Waals surface area contributed by atoms with Crippen LogP contribution in [-0.2, 0) is 4.79 Å². The van der Waals surface area contributed by atoms with E-state index < -0.39 is 0 Å². The molecule has 1 saturated heterocycles. The highest BCUT2D eigenvalue weighted by molar-refractivity contribution is 7.18. The van der Waals surface area contributed by atoms with Crippen molar-refractivity contribution in [2.45, 2.75) is 40.0 Å². The van der Waals surface area contributed by atoms with Crippen LogP contribution in [0.2, 0.25) is 0 Å². The maximum Gasteiger partial charge on any atom is 0.223 e. The Kier molecular flexibility index (Phi) is 7.75. The number of hydrogen-bond acceptors (Lipinski definition) is 7. The van der Waals surface area contributed by atoms with Crippen LogP contribution >= 0.6 is 22.7 Å². The van der Waals surface area contributed by atoms with Crippen molar-refractivity contribution < 1.29 is 4.79 Å². The molecule has 32 heavy (non-hydrogen) atoms. The molecule has 6 nitrogen and oxygen atoms in total. The fraction of sp³-hybridized carbons (Fsp3) is 0.542. The molecular weight excluding hydrogens is 438 g/mol. The topological polar surface area (TPSA) is 61.4 Å². The molecule has 1 aliphatic heterocycles. The van der Waals surface area contributed by atoms with Crippen LogP contribution in [0.5, 0.6) is 0 Å². The van der Waals surface area contributed by atoms with E-state index in [1.807, 2.05) is 6.92 Å². The summed E-state index contributed by atoms with van der Waals surface area (Å²) in [6.45, 7) is 12.0. The van der Waals surface area contributed by atoms with Gasteiger partial charge in [0.15, 0.2) is 0 Å². The van der Waals surface area contributed by atoms with Gasteiger partial charge in [-0.1, -0.05) is 19.9 Å². The lowest BCUT2D eigenvalue weighted by Crippen LogP contribution is -2.41. The highest BCUT2D eigenvalue weighted by Crippen LogP contribution is 2.40. The van der Waals surface area contributed by atoms with Crippen molar-refractivity contribution in [3.63, 3.8) is 0 Å². The van der Waals surface area contributed by atoms with Gasteiger partial charge in [0.25, 0.3) is 0 Å². The number of anilines is 1. The molecule has 0 aromatic carbocycles. The van der Waals surface area contributed by atoms with Crippen LogP contribution in [-0.4, -0.2) is 60.0 Å². The molecule has 4 rings (SSSR count). The molecule has 3 aromatic heterocycles. The molecule has 8 heteroatoms. The molecule has 0 unspecified atom stereocenters. The number of nitrogens with zero attached hydrogens (tertiary/aromatic N) is 4. The molecule has 0 atom stereocenters. The smallest absolute Gasteiger partial charge is 0.223 e. The lowest BCUT2D eigenvalue weighted by Gasteiger charge is -2.32. The number of carbonyl (C=O) groups is 1. The second-order valence-electron chi connectivity index (χ2n) is 8.33. The van der Waals surface area contributed by atoms with Crippen LogP contribution in [0.3, 0.4) is 0 Å². The third-order valence-corrected chi connectivity index (χ3v) is 8.10. The van der Waals surface area contributed by atoms with Gasteiger partial charge in [-0.25, -0.2) is 9.97 Å². The number of aromatic nitrogens is 2. The third-order valence-electron chi connectivity index (χ3n) is 6.32. The summed E-state index contributed by atoms with van der Waals surface area (Å²) in [5.41, 5.74) is 1.23. The molecule has 1 fully saturated rings. The molecule has 0 radical (unpaired) electrons. The van der Waals surface area contributed by atoms with Crippen LogP contribution in [0, 0.1) is 12.8 Å². The minimum absolute atomic E-state index is 0.0948. The molecule has 3 aromatic rings. The van der Waals surface area contributed by atoms with E-state index in [1.165, 1.54) is 10.4 Å². The van der Waals surface area contributed by atoms with Gasteiger partial charge in [-0.15, -0.1) is 22.7 Å². The molecule has 1 aliphatic rings. The van der Waals surface area contributed by atoms with E-state index in [1.54, 1.807) is 22.7 Å². The fourth-order valence-corrected chi connectivity index (χ4v) is 6.22. The number of rotatable bonds is 9. The fourth-order valence-electron chi connectivity index (χ4n) is 4.42. The Labute approximate surface area is 198 Å². The summed E-state index contributed by atoms with van der Waals surface area (Å²) in [6.07, 6.45) is 2.74. The van der Waals surface area contributed by atoms with Gasteiger partial charge in [0.2, 0.25) is 5.91 Å². The number of nitrogens with one attached hydrogen (secondary N) is 1. The standard InChI is InChI=1S/C24H33N5OS2/c1-4-28(5-2)12-7-11-25-23(30)18-9-13-29(14-10-18)22-21-19(20-8-6-15-31-20)16-32-24(21)27-17(3)26-22/h6,8,15-16,18H,4-5,7,9-14H2,1-3H3,(H,25,30). The van der Waals surface area contributed by atoms with Crippen molar-refractivity contribution in [3.05, 3.63) is 28.7 Å². The Morgan fingerprint density at radius 3 is 2.69 bits per heavy atom. The molecule has 0 spiro atoms. The van der Waals surface area contributed by atoms with Crippen molar-refractivity contribution in [1.82, 2.24) is 20.2 Å². The average Bonchev–Trinajstić information content (AvgIpc) is 3.48. The number of hydrogen-bond donors (Lipinski definition) is 1. The molecule has 0 aliphatic carbocycles. The second kappa shape index (κ2) is 10.7. The number of amides is 1. The van der Waals surface area contributed by atoms with E-state index in [2.05, 4.69) is 56.8 Å². The first kappa shape index (κ1) is 23.1. The molecule has 4 heterocycles. The summed E-state index contributed by atoms with van der Waals surface area (Å²) < 4.78 is 0. The normalized spacial score (nSPS) is 15.1. The third kappa shape index (κ3) is 5.13. The predicted octanol–water partition coefficient (Wildman–Crippen LogP) is 4.79. The highest BCUT2D eigenvalue weighted by atomic mass is 32.1. The van der Waals surface area contributed by atoms with Gasteiger partial charge in [0.05, 0.1) is 5.39 Å². The molecule has 1 amide bonds. The number of aryl methyl sites for hydroxylation is 1. The summed E-state index contributed by atoms with van der Waals surface area (Å²) >= 11 is 3.44. The van der Waals surface area contributed by atoms with Gasteiger partial charge in [-0.3, -0.25) is 4.79 Å². The molecule has 0 saturated carbocycles. The lowest BCUT2D eigenvalue weighted by atomic mass is 9.95. The van der Waals surface area contributed by atoms with E-state index in [4.69, 9.17) is 4.98 Å². The van der Waals surface area contributed by atoms with E-state index in [0.717, 1.165) is 80.4 Å². The molecule has 1 N–H and O–H groups in total. The van der Waals surface area contributed by atoms with Crippen LogP contribution in [0.25, 0.3) is 20.7 Å². The van der Waals surface area contributed by atoms with Crippen molar-refractivity contribution in [1.29, 1.82) is 0 Å². The predicted molar refractivity (Wildman–Crippen MR) is 136 cm³/mol. The van der Waals surface area contributed by atoms with Gasteiger partial charge >= 0.3 is 0 Å². The zero-order chi connectivity index (χ0) is 22.5. The van der Waals surface area contributed by atoms with Crippen molar-refractivity contribution in [2.75, 3.05) is 44.2 Å². The molecule has 172 valence electrons. The largest absolute Gasteiger partial charge is 0.356 e. The van der Waals surface area contributed by atoms with Gasteiger partial charge < -0.3 is 15.1 Å². The van der Waals surface area contributed by atoms with E-state index in [0.29, 0.717) is 0 Å². The van der Waals surface area contributed by atoms with Gasteiger partial charge in [-0.2, -0.15) is 0 Å². The second-order valence-corrected chi connectivity index (χ2v) is 10.1. The number of thiophene rings is 2. The van der Waals surface area contributed by atoms with Gasteiger partial charge in [0, 0.05) is 41.4 Å². The summed E-state index contributed by atoms with van der Waals surface area (Å²) in [5, 5.41) is 8.63. The van der Waals surface area contributed by atoms with Crippen LogP contribution < -0.4 is 10.2 Å². The average molecular weight is 472 g/mol. The highest BCUT2D eigenvalue weighted by Gasteiger charge is 2.27. The molecule has 0 bridgehead atoms. The first-order chi connectivity index (χ1) is 15.6. The molecular formula is C24H33N5OS2. The quantitative estimate of drug-likeness (QED) is 0.455. The van der Waals surface area contributed by atoms with E-state index in [9.17, 15) is 4.79 Å². The van der Waals surface area contributed by atoms with Gasteiger partial charge in [-0.05, 0) is 57.3 Å². The van der Waals surface area contributed by atoms with Crippen LogP contribution in [0.1, 0.15) is 38.9 Å². The number of fused-ring (bicyclic) bond motifs is 1. The monoisotopic (exact) mass is 471 g/mol. The minimum Gasteiger partial charge on any atom is -0.356 e. The zero-order valence-electron chi connectivity index (χ0n) is 19.3. The van der Waals surface area contributed by atoms with E-state index in [-0.39, 0.29) is 11.8 Å². The Balaban J connectivity index is 1.39. The minimum atomic E-state index is 0.0948. The summed E-state index contributed by atoms with van der Waals surface area (Å²) in [4.78, 5) is 29.3. The van der Waals surface area contributed by atoms with Crippen molar-refractivity contribution in [2.24, 2.45) is 5.92 Å². The zero-order valence-corrected chi connectivity index (χ0v) is 20.9. The maximum atomic E-state index is 12.7. The summed E-state index contributed by atoms with van der Waals surface area (Å²) in [7, 11) is 0. The number of carbonyl (C=O) groups excluding carboxylic acids is 1. The van der Waals surface area contributed by atoms with Crippen LogP contribution in [0.4, 0.5) is 5.82 Å². The summed E-state index contributed by atoms with van der Waals surface area (Å²) in [6, 6.07) is 4.25. The Morgan fingerprint density at radius 2 is 2.00 bits per heavy atom. The van der Waals surface area contributed by atoms with Crippen LogP contribution in [0.15, 0.2) is 22.9 Å². The maximum absolute atomic E-state index is 12.7. The van der Waals surface area contributed by atoms with Crippen molar-refractivity contribution in [3.8, 4) is 10.4 Å².